The zero-order valence-corrected chi connectivity index (χ0v) is 9.26. The molecule has 1 unspecified atom stereocenters. The van der Waals surface area contributed by atoms with Gasteiger partial charge < -0.3 is 4.74 Å². The summed E-state index contributed by atoms with van der Waals surface area (Å²) in [5, 5.41) is 0. The first-order valence-electron chi connectivity index (χ1n) is 4.51. The van der Waals surface area contributed by atoms with Crippen LogP contribution in [-0.2, 0) is 16.1 Å². The molecular formula is C10H9ClF3NO2. The third kappa shape index (κ3) is 3.34. The Kier molecular flexibility index (Phi) is 4.00. The summed E-state index contributed by atoms with van der Waals surface area (Å²) >= 11 is 4.91. The Morgan fingerprint density at radius 1 is 1.29 bits per heavy atom. The Labute approximate surface area is 100 Å². The molecule has 0 aliphatic carbocycles. The van der Waals surface area contributed by atoms with Gasteiger partial charge in [-0.3, -0.25) is 5.73 Å². The maximum atomic E-state index is 12.3. The Morgan fingerprint density at radius 3 is 2.29 bits per heavy atom. The first kappa shape index (κ1) is 13.8. The molecule has 1 aromatic carbocycles. The van der Waals surface area contributed by atoms with E-state index in [2.05, 4.69) is 10.5 Å². The summed E-state index contributed by atoms with van der Waals surface area (Å²) in [6.45, 7) is -0.318. The third-order valence-corrected chi connectivity index (χ3v) is 2.29. The van der Waals surface area contributed by atoms with Crippen molar-refractivity contribution in [1.29, 1.82) is 0 Å². The Balaban J connectivity index is 2.62. The van der Waals surface area contributed by atoms with Gasteiger partial charge in [-0.25, -0.2) is 4.79 Å². The van der Waals surface area contributed by atoms with Crippen LogP contribution in [0.5, 0.6) is 0 Å². The molecule has 0 aromatic heterocycles. The van der Waals surface area contributed by atoms with Crippen LogP contribution in [0.15, 0.2) is 30.3 Å². The second-order valence-corrected chi connectivity index (χ2v) is 3.87. The first-order valence-corrected chi connectivity index (χ1v) is 4.88. The van der Waals surface area contributed by atoms with E-state index in [0.29, 0.717) is 5.56 Å². The van der Waals surface area contributed by atoms with E-state index >= 15 is 0 Å². The van der Waals surface area contributed by atoms with E-state index in [1.165, 1.54) is 0 Å². The molecule has 2 N–H and O–H groups in total. The van der Waals surface area contributed by atoms with Gasteiger partial charge in [0.1, 0.15) is 6.61 Å². The smallest absolute Gasteiger partial charge is 0.431 e. The van der Waals surface area contributed by atoms with Gasteiger partial charge >= 0.3 is 12.1 Å². The number of carbonyl (C=O) groups excluding carboxylic acids is 1. The highest BCUT2D eigenvalue weighted by Crippen LogP contribution is 2.32. The molecule has 0 heterocycles. The summed E-state index contributed by atoms with van der Waals surface area (Å²) in [6, 6.07) is 8.21. The normalized spacial score (nSPS) is 15.1. The summed E-state index contributed by atoms with van der Waals surface area (Å²) in [5.74, 6) is -1.73. The molecule has 1 atom stereocenters. The Morgan fingerprint density at radius 2 is 1.82 bits per heavy atom. The number of benzene rings is 1. The van der Waals surface area contributed by atoms with Crippen LogP contribution in [0.1, 0.15) is 5.56 Å². The highest BCUT2D eigenvalue weighted by molar-refractivity contribution is 6.34. The van der Waals surface area contributed by atoms with Gasteiger partial charge in [0.25, 0.3) is 5.00 Å². The van der Waals surface area contributed by atoms with E-state index in [1.54, 1.807) is 30.3 Å². The van der Waals surface area contributed by atoms with Gasteiger partial charge in [0.2, 0.25) is 0 Å². The molecule has 7 heteroatoms. The van der Waals surface area contributed by atoms with Crippen LogP contribution in [0.25, 0.3) is 0 Å². The number of hydrogen-bond donors (Lipinski definition) is 1. The van der Waals surface area contributed by atoms with Crippen molar-refractivity contribution in [3.8, 4) is 0 Å². The second-order valence-electron chi connectivity index (χ2n) is 3.27. The minimum Gasteiger partial charge on any atom is -0.458 e. The van der Waals surface area contributed by atoms with Crippen molar-refractivity contribution >= 4 is 17.6 Å². The monoisotopic (exact) mass is 267 g/mol. The number of rotatable bonds is 3. The van der Waals surface area contributed by atoms with Gasteiger partial charge in [0.05, 0.1) is 0 Å². The van der Waals surface area contributed by atoms with Crippen molar-refractivity contribution < 1.29 is 22.7 Å². The largest absolute Gasteiger partial charge is 0.458 e. The van der Waals surface area contributed by atoms with Crippen LogP contribution in [0, 0.1) is 0 Å². The lowest BCUT2D eigenvalue weighted by Gasteiger charge is -2.22. The van der Waals surface area contributed by atoms with Crippen molar-refractivity contribution in [3.63, 3.8) is 0 Å². The molecule has 3 nitrogen and oxygen atoms in total. The van der Waals surface area contributed by atoms with Crippen molar-refractivity contribution in [1.82, 2.24) is 0 Å². The van der Waals surface area contributed by atoms with Crippen LogP contribution in [0.2, 0.25) is 0 Å². The number of carbonyl (C=O) groups is 1. The van der Waals surface area contributed by atoms with Crippen molar-refractivity contribution in [3.05, 3.63) is 35.9 Å². The van der Waals surface area contributed by atoms with Gasteiger partial charge in [-0.15, -0.1) is 0 Å². The van der Waals surface area contributed by atoms with E-state index in [1.807, 2.05) is 0 Å². The molecule has 0 spiro atoms. The molecular weight excluding hydrogens is 259 g/mol. The molecule has 1 rings (SSSR count). The van der Waals surface area contributed by atoms with E-state index in [-0.39, 0.29) is 6.61 Å². The van der Waals surface area contributed by atoms with Crippen LogP contribution < -0.4 is 5.73 Å². The lowest BCUT2D eigenvalue weighted by atomic mass is 10.2. The lowest BCUT2D eigenvalue weighted by Crippen LogP contribution is -2.55. The van der Waals surface area contributed by atoms with Crippen LogP contribution in [0.3, 0.4) is 0 Å². The van der Waals surface area contributed by atoms with Crippen molar-refractivity contribution in [2.45, 2.75) is 17.8 Å². The van der Waals surface area contributed by atoms with Gasteiger partial charge in [-0.2, -0.15) is 13.2 Å². The number of alkyl halides is 4. The molecule has 0 bridgehead atoms. The Hall–Kier alpha value is -1.27. The van der Waals surface area contributed by atoms with E-state index < -0.39 is 17.1 Å². The molecule has 0 saturated carbocycles. The summed E-state index contributed by atoms with van der Waals surface area (Å²) in [7, 11) is 0. The average Bonchev–Trinajstić information content (AvgIpc) is 2.25. The predicted molar refractivity (Wildman–Crippen MR) is 55.1 cm³/mol. The molecule has 0 amide bonds. The molecule has 0 aliphatic heterocycles. The first-order chi connectivity index (χ1) is 7.75. The van der Waals surface area contributed by atoms with Crippen LogP contribution in [0.4, 0.5) is 13.2 Å². The molecule has 0 aliphatic rings. The fraction of sp³-hybridized carbons (Fsp3) is 0.300. The van der Waals surface area contributed by atoms with E-state index in [4.69, 9.17) is 11.6 Å². The number of halogens is 4. The van der Waals surface area contributed by atoms with Gasteiger partial charge in [-0.05, 0) is 5.56 Å². The second kappa shape index (κ2) is 4.93. The minimum atomic E-state index is -5.07. The highest BCUT2D eigenvalue weighted by Gasteiger charge is 2.58. The SMILES string of the molecule is NC(Cl)(C(=O)OCc1ccccc1)C(F)(F)F. The molecule has 94 valence electrons. The number of nitrogens with two attached hydrogens (primary N) is 1. The Bertz CT molecular complexity index is 392. The molecule has 1 aromatic rings. The summed E-state index contributed by atoms with van der Waals surface area (Å²) < 4.78 is 41.2. The van der Waals surface area contributed by atoms with Crippen molar-refractivity contribution in [2.24, 2.45) is 5.73 Å². The number of esters is 1. The fourth-order valence-corrected chi connectivity index (χ4v) is 0.998. The van der Waals surface area contributed by atoms with Gasteiger partial charge in [0, 0.05) is 0 Å². The topological polar surface area (TPSA) is 52.3 Å². The molecule has 17 heavy (non-hydrogen) atoms. The lowest BCUT2D eigenvalue weighted by molar-refractivity contribution is -0.189. The zero-order chi connectivity index (χ0) is 13.1. The standard InChI is InChI=1S/C10H9ClF3NO2/c11-9(15,10(12,13)14)8(16)17-6-7-4-2-1-3-5-7/h1-5H,6,15H2. The zero-order valence-electron chi connectivity index (χ0n) is 8.50. The summed E-state index contributed by atoms with van der Waals surface area (Å²) in [6.07, 6.45) is -5.07. The molecule has 0 fully saturated rings. The maximum absolute atomic E-state index is 12.3. The van der Waals surface area contributed by atoms with Gasteiger partial charge in [-0.1, -0.05) is 41.9 Å². The predicted octanol–water partition coefficient (Wildman–Crippen LogP) is 2.19. The average molecular weight is 268 g/mol. The summed E-state index contributed by atoms with van der Waals surface area (Å²) in [4.78, 5) is 7.57. The third-order valence-electron chi connectivity index (χ3n) is 1.92. The van der Waals surface area contributed by atoms with Crippen LogP contribution in [-0.4, -0.2) is 17.1 Å². The number of hydrogen-bond acceptors (Lipinski definition) is 3. The molecule has 0 saturated heterocycles. The van der Waals surface area contributed by atoms with E-state index in [0.717, 1.165) is 0 Å². The van der Waals surface area contributed by atoms with Crippen LogP contribution >= 0.6 is 11.6 Å². The highest BCUT2D eigenvalue weighted by atomic mass is 35.5. The fourth-order valence-electron chi connectivity index (χ4n) is 0.944. The summed E-state index contributed by atoms with van der Waals surface area (Å²) in [5.41, 5.74) is 5.20. The van der Waals surface area contributed by atoms with E-state index in [9.17, 15) is 18.0 Å². The molecule has 0 radical (unpaired) electrons. The maximum Gasteiger partial charge on any atom is 0.431 e. The van der Waals surface area contributed by atoms with Gasteiger partial charge in [0.15, 0.2) is 0 Å². The minimum absolute atomic E-state index is 0.318. The quantitative estimate of drug-likeness (QED) is 0.519. The van der Waals surface area contributed by atoms with Crippen molar-refractivity contribution in [2.75, 3.05) is 0 Å². The number of ether oxygens (including phenoxy) is 1.